The van der Waals surface area contributed by atoms with E-state index in [-0.39, 0.29) is 24.0 Å². The molecule has 0 fully saturated rings. The number of sulfonamides is 1. The number of amides is 1. The quantitative estimate of drug-likeness (QED) is 0.290. The van der Waals surface area contributed by atoms with E-state index in [1.54, 1.807) is 67.7 Å². The standard InChI is InChI=1S/C28H24Cl2FN5O4S/c1-17(24-5-3-4-12-32-24)33-28(37)40-27-22-16-35(41(2,38)39)15-19(13-18-6-9-21(31)10-7-18)26(22)36(34-27)25-11-8-20(29)14-23(25)30/h3-14,17H,15-16H2,1-2H3,(H,33,37)/b19-13+. The normalized spacial score (nSPS) is 15.4. The van der Waals surface area contributed by atoms with Crippen LogP contribution in [0.25, 0.3) is 17.3 Å². The summed E-state index contributed by atoms with van der Waals surface area (Å²) in [6, 6.07) is 15.4. The third kappa shape index (κ3) is 6.43. The second-order valence-corrected chi connectivity index (χ2v) is 12.2. The highest BCUT2D eigenvalue weighted by Crippen LogP contribution is 2.39. The molecule has 1 aliphatic heterocycles. The molecule has 13 heteroatoms. The van der Waals surface area contributed by atoms with Crippen LogP contribution in [0.5, 0.6) is 5.88 Å². The van der Waals surface area contributed by atoms with E-state index in [0.29, 0.717) is 38.8 Å². The van der Waals surface area contributed by atoms with Crippen molar-refractivity contribution in [3.05, 3.63) is 105 Å². The van der Waals surface area contributed by atoms with Gasteiger partial charge in [0.15, 0.2) is 0 Å². The Morgan fingerprint density at radius 1 is 1.12 bits per heavy atom. The third-order valence-electron chi connectivity index (χ3n) is 6.40. The lowest BCUT2D eigenvalue weighted by molar-refractivity contribution is 0.194. The van der Waals surface area contributed by atoms with Crippen molar-refractivity contribution in [3.63, 3.8) is 0 Å². The summed E-state index contributed by atoms with van der Waals surface area (Å²) in [5.74, 6) is -0.510. The van der Waals surface area contributed by atoms with Crippen molar-refractivity contribution in [2.75, 3.05) is 12.8 Å². The molecule has 1 aliphatic rings. The molecule has 5 rings (SSSR count). The Labute approximate surface area is 246 Å². The summed E-state index contributed by atoms with van der Waals surface area (Å²) in [6.07, 6.45) is 3.63. The molecule has 0 bridgehead atoms. The minimum Gasteiger partial charge on any atom is -0.389 e. The predicted octanol–water partition coefficient (Wildman–Crippen LogP) is 5.88. The van der Waals surface area contributed by atoms with Crippen LogP contribution in [0, 0.1) is 5.82 Å². The number of fused-ring (bicyclic) bond motifs is 1. The summed E-state index contributed by atoms with van der Waals surface area (Å²) in [5, 5.41) is 7.96. The number of nitrogens with zero attached hydrogens (tertiary/aromatic N) is 4. The van der Waals surface area contributed by atoms with Crippen LogP contribution in [0.2, 0.25) is 10.0 Å². The average Bonchev–Trinajstić information content (AvgIpc) is 3.28. The first-order chi connectivity index (χ1) is 19.5. The van der Waals surface area contributed by atoms with E-state index < -0.39 is 28.0 Å². The second kappa shape index (κ2) is 11.6. The van der Waals surface area contributed by atoms with E-state index in [0.717, 1.165) is 6.26 Å². The summed E-state index contributed by atoms with van der Waals surface area (Å²) in [4.78, 5) is 17.2. The molecule has 3 heterocycles. The Kier molecular flexibility index (Phi) is 8.14. The molecule has 41 heavy (non-hydrogen) atoms. The average molecular weight is 617 g/mol. The Bertz CT molecular complexity index is 1750. The van der Waals surface area contributed by atoms with Gasteiger partial charge in [0.25, 0.3) is 0 Å². The van der Waals surface area contributed by atoms with E-state index in [9.17, 15) is 17.6 Å². The zero-order chi connectivity index (χ0) is 29.3. The van der Waals surface area contributed by atoms with Gasteiger partial charge in [-0.05, 0) is 66.6 Å². The maximum atomic E-state index is 13.6. The first-order valence-corrected chi connectivity index (χ1v) is 15.0. The van der Waals surface area contributed by atoms with Gasteiger partial charge in [-0.25, -0.2) is 22.3 Å². The van der Waals surface area contributed by atoms with E-state index in [1.807, 2.05) is 0 Å². The minimum absolute atomic E-state index is 0.0114. The van der Waals surface area contributed by atoms with Crippen molar-refractivity contribution in [2.24, 2.45) is 0 Å². The molecule has 1 atom stereocenters. The highest BCUT2D eigenvalue weighted by atomic mass is 35.5. The molecule has 1 N–H and O–H groups in total. The summed E-state index contributed by atoms with van der Waals surface area (Å²) in [6.45, 7) is 1.63. The lowest BCUT2D eigenvalue weighted by Crippen LogP contribution is -2.35. The van der Waals surface area contributed by atoms with Gasteiger partial charge in [-0.1, -0.05) is 41.4 Å². The maximum Gasteiger partial charge on any atom is 0.414 e. The molecule has 0 radical (unpaired) electrons. The van der Waals surface area contributed by atoms with Gasteiger partial charge in [-0.15, -0.1) is 5.10 Å². The molecule has 1 amide bonds. The van der Waals surface area contributed by atoms with Gasteiger partial charge in [0.1, 0.15) is 5.82 Å². The van der Waals surface area contributed by atoms with Gasteiger partial charge in [0.05, 0.1) is 40.0 Å². The van der Waals surface area contributed by atoms with Gasteiger partial charge in [-0.2, -0.15) is 4.31 Å². The fraction of sp³-hybridized carbons (Fsp3) is 0.179. The Hall–Kier alpha value is -3.77. The monoisotopic (exact) mass is 615 g/mol. The zero-order valence-electron chi connectivity index (χ0n) is 21.9. The van der Waals surface area contributed by atoms with Crippen LogP contribution in [-0.4, -0.2) is 46.4 Å². The predicted molar refractivity (Wildman–Crippen MR) is 155 cm³/mol. The van der Waals surface area contributed by atoms with Crippen molar-refractivity contribution in [2.45, 2.75) is 19.5 Å². The number of hydrogen-bond donors (Lipinski definition) is 1. The largest absolute Gasteiger partial charge is 0.414 e. The molecule has 2 aromatic carbocycles. The summed E-state index contributed by atoms with van der Waals surface area (Å²) in [7, 11) is -3.68. The van der Waals surface area contributed by atoms with Gasteiger partial charge < -0.3 is 10.1 Å². The van der Waals surface area contributed by atoms with E-state index in [2.05, 4.69) is 15.4 Å². The molecule has 0 spiro atoms. The third-order valence-corrected chi connectivity index (χ3v) is 8.14. The van der Waals surface area contributed by atoms with E-state index >= 15 is 0 Å². The molecule has 9 nitrogen and oxygen atoms in total. The first-order valence-electron chi connectivity index (χ1n) is 12.4. The number of carbonyl (C=O) groups excluding carboxylic acids is 1. The molecule has 0 saturated heterocycles. The highest BCUT2D eigenvalue weighted by molar-refractivity contribution is 7.88. The second-order valence-electron chi connectivity index (χ2n) is 9.40. The molecular formula is C28H24Cl2FN5O4S. The minimum atomic E-state index is -3.68. The molecule has 0 saturated carbocycles. The number of benzene rings is 2. The number of hydrogen-bond acceptors (Lipinski definition) is 6. The van der Waals surface area contributed by atoms with Crippen LogP contribution in [-0.2, 0) is 16.6 Å². The van der Waals surface area contributed by atoms with Crippen molar-refractivity contribution in [1.29, 1.82) is 0 Å². The van der Waals surface area contributed by atoms with Crippen molar-refractivity contribution < 1.29 is 22.3 Å². The van der Waals surface area contributed by atoms with Gasteiger partial charge >= 0.3 is 6.09 Å². The fourth-order valence-electron chi connectivity index (χ4n) is 4.42. The van der Waals surface area contributed by atoms with Gasteiger partial charge in [-0.3, -0.25) is 4.98 Å². The molecule has 2 aromatic heterocycles. The van der Waals surface area contributed by atoms with E-state index in [1.165, 1.54) is 21.1 Å². The van der Waals surface area contributed by atoms with Crippen LogP contribution in [0.4, 0.5) is 9.18 Å². The SMILES string of the molecule is CC(NC(=O)Oc1nn(-c2ccc(Cl)cc2Cl)c2c1CN(S(C)(=O)=O)C/C2=C\c1ccc(F)cc1)c1ccccn1. The number of ether oxygens (including phenoxy) is 1. The number of nitrogens with one attached hydrogen (secondary N) is 1. The molecule has 0 aliphatic carbocycles. The number of carbonyl (C=O) groups is 1. The van der Waals surface area contributed by atoms with Crippen molar-refractivity contribution in [3.8, 4) is 11.6 Å². The lowest BCUT2D eigenvalue weighted by Gasteiger charge is -2.28. The molecular weight excluding hydrogens is 592 g/mol. The van der Waals surface area contributed by atoms with Crippen molar-refractivity contribution in [1.82, 2.24) is 24.4 Å². The first kappa shape index (κ1) is 28.7. The number of rotatable bonds is 6. The molecule has 1 unspecified atom stereocenters. The van der Waals surface area contributed by atoms with Crippen molar-refractivity contribution >= 4 is 51.0 Å². The van der Waals surface area contributed by atoms with Gasteiger partial charge in [0.2, 0.25) is 15.9 Å². The summed E-state index contributed by atoms with van der Waals surface area (Å²) in [5.41, 5.74) is 3.04. The van der Waals surface area contributed by atoms with E-state index in [4.69, 9.17) is 27.9 Å². The molecule has 212 valence electrons. The highest BCUT2D eigenvalue weighted by Gasteiger charge is 2.35. The van der Waals surface area contributed by atoms with Crippen LogP contribution >= 0.6 is 23.2 Å². The molecule has 4 aromatic rings. The van der Waals surface area contributed by atoms with Crippen LogP contribution < -0.4 is 10.1 Å². The van der Waals surface area contributed by atoms with Gasteiger partial charge in [0, 0.05) is 24.3 Å². The topological polar surface area (TPSA) is 106 Å². The number of pyridine rings is 1. The van der Waals surface area contributed by atoms with Crippen LogP contribution in [0.15, 0.2) is 66.9 Å². The zero-order valence-corrected chi connectivity index (χ0v) is 24.2. The number of halogens is 3. The fourth-order valence-corrected chi connectivity index (χ4v) is 5.64. The lowest BCUT2D eigenvalue weighted by atomic mass is 10.0. The van der Waals surface area contributed by atoms with Crippen LogP contribution in [0.3, 0.4) is 0 Å². The maximum absolute atomic E-state index is 13.6. The Balaban J connectivity index is 1.63. The smallest absolute Gasteiger partial charge is 0.389 e. The Morgan fingerprint density at radius 2 is 1.88 bits per heavy atom. The Morgan fingerprint density at radius 3 is 2.54 bits per heavy atom. The number of aromatic nitrogens is 3. The summed E-state index contributed by atoms with van der Waals surface area (Å²) >= 11 is 12.7. The summed E-state index contributed by atoms with van der Waals surface area (Å²) < 4.78 is 47.4. The van der Waals surface area contributed by atoms with Crippen LogP contribution in [0.1, 0.15) is 35.5 Å².